The Bertz CT molecular complexity index is 360. The molecule has 0 saturated heterocycles. The summed E-state index contributed by atoms with van der Waals surface area (Å²) in [5, 5.41) is 0. The average molecular weight is 252 g/mol. The van der Waals surface area contributed by atoms with Gasteiger partial charge in [0.15, 0.2) is 0 Å². The zero-order valence-corrected chi connectivity index (χ0v) is 11.4. The number of hydrogen-bond acceptors (Lipinski definition) is 3. The minimum atomic E-state index is -0.172. The number of quaternary nitrogens is 1. The predicted molar refractivity (Wildman–Crippen MR) is 70.0 cm³/mol. The summed E-state index contributed by atoms with van der Waals surface area (Å²) in [5.41, 5.74) is 0.944. The van der Waals surface area contributed by atoms with Gasteiger partial charge in [0.25, 0.3) is 0 Å². The molecule has 0 amide bonds. The number of benzene rings is 1. The van der Waals surface area contributed by atoms with Gasteiger partial charge in [-0.2, -0.15) is 0 Å². The van der Waals surface area contributed by atoms with Crippen LogP contribution >= 0.6 is 0 Å². The molecule has 1 aromatic carbocycles. The van der Waals surface area contributed by atoms with Gasteiger partial charge in [0.1, 0.15) is 5.75 Å². The van der Waals surface area contributed by atoms with Crippen LogP contribution in [0.15, 0.2) is 24.3 Å². The molecular weight excluding hydrogens is 230 g/mol. The van der Waals surface area contributed by atoms with Crippen molar-refractivity contribution in [1.82, 2.24) is 0 Å². The summed E-state index contributed by atoms with van der Waals surface area (Å²) < 4.78 is 10.2. The summed E-state index contributed by atoms with van der Waals surface area (Å²) in [7, 11) is 5.79. The SMILES string of the molecule is COc1ccc(CC(=O)OCCC[NH+](C)C)cc1. The lowest BCUT2D eigenvalue weighted by Crippen LogP contribution is -3.05. The number of ether oxygens (including phenoxy) is 2. The summed E-state index contributed by atoms with van der Waals surface area (Å²) in [5.74, 6) is 0.620. The van der Waals surface area contributed by atoms with E-state index >= 15 is 0 Å². The molecule has 4 heteroatoms. The molecule has 0 aliphatic heterocycles. The first-order valence-electron chi connectivity index (χ1n) is 6.19. The van der Waals surface area contributed by atoms with Crippen molar-refractivity contribution in [3.05, 3.63) is 29.8 Å². The fraction of sp³-hybridized carbons (Fsp3) is 0.500. The third-order valence-electron chi connectivity index (χ3n) is 2.59. The van der Waals surface area contributed by atoms with E-state index in [1.165, 1.54) is 4.90 Å². The lowest BCUT2D eigenvalue weighted by atomic mass is 10.1. The van der Waals surface area contributed by atoms with Crippen LogP contribution in [0.1, 0.15) is 12.0 Å². The molecule has 0 spiro atoms. The molecule has 1 N–H and O–H groups in total. The highest BCUT2D eigenvalue weighted by Crippen LogP contribution is 2.11. The fourth-order valence-corrected chi connectivity index (χ4v) is 1.57. The van der Waals surface area contributed by atoms with Crippen LogP contribution in [0.5, 0.6) is 5.75 Å². The molecule has 1 aromatic rings. The number of hydrogen-bond donors (Lipinski definition) is 1. The molecule has 0 aliphatic carbocycles. The highest BCUT2D eigenvalue weighted by Gasteiger charge is 2.05. The van der Waals surface area contributed by atoms with E-state index in [0.717, 1.165) is 24.3 Å². The normalized spacial score (nSPS) is 10.4. The van der Waals surface area contributed by atoms with Crippen molar-refractivity contribution in [2.45, 2.75) is 12.8 Å². The van der Waals surface area contributed by atoms with E-state index in [0.29, 0.717) is 13.0 Å². The van der Waals surface area contributed by atoms with Crippen molar-refractivity contribution in [1.29, 1.82) is 0 Å². The molecule has 0 bridgehead atoms. The van der Waals surface area contributed by atoms with Crippen molar-refractivity contribution in [3.63, 3.8) is 0 Å². The van der Waals surface area contributed by atoms with Crippen LogP contribution in [0, 0.1) is 0 Å². The Morgan fingerprint density at radius 2 is 1.89 bits per heavy atom. The zero-order valence-electron chi connectivity index (χ0n) is 11.4. The second-order valence-corrected chi connectivity index (χ2v) is 4.56. The Kier molecular flexibility index (Phi) is 6.22. The van der Waals surface area contributed by atoms with E-state index in [4.69, 9.17) is 9.47 Å². The monoisotopic (exact) mass is 252 g/mol. The third kappa shape index (κ3) is 5.68. The van der Waals surface area contributed by atoms with Crippen molar-refractivity contribution in [3.8, 4) is 5.75 Å². The van der Waals surface area contributed by atoms with Gasteiger partial charge in [0, 0.05) is 6.42 Å². The van der Waals surface area contributed by atoms with Crippen LogP contribution in [-0.2, 0) is 16.0 Å². The Balaban J connectivity index is 2.26. The Hall–Kier alpha value is -1.55. The highest BCUT2D eigenvalue weighted by atomic mass is 16.5. The van der Waals surface area contributed by atoms with Crippen molar-refractivity contribution in [2.24, 2.45) is 0 Å². The molecular formula is C14H22NO3+. The maximum absolute atomic E-state index is 11.6. The molecule has 0 unspecified atom stereocenters. The summed E-state index contributed by atoms with van der Waals surface area (Å²) in [6.45, 7) is 1.51. The van der Waals surface area contributed by atoms with Crippen LogP contribution in [0.4, 0.5) is 0 Å². The standard InChI is InChI=1S/C14H21NO3/c1-15(2)9-4-10-18-14(16)11-12-5-7-13(17-3)8-6-12/h5-8H,4,9-11H2,1-3H3/p+1. The van der Waals surface area contributed by atoms with E-state index in [2.05, 4.69) is 14.1 Å². The van der Waals surface area contributed by atoms with Crippen molar-refractivity contribution in [2.75, 3.05) is 34.4 Å². The first-order valence-corrected chi connectivity index (χ1v) is 6.19. The molecule has 0 aliphatic rings. The number of nitrogens with one attached hydrogen (secondary N) is 1. The van der Waals surface area contributed by atoms with Gasteiger partial charge in [-0.15, -0.1) is 0 Å². The van der Waals surface area contributed by atoms with E-state index in [1.807, 2.05) is 24.3 Å². The zero-order chi connectivity index (χ0) is 13.4. The quantitative estimate of drug-likeness (QED) is 0.561. The fourth-order valence-electron chi connectivity index (χ4n) is 1.57. The smallest absolute Gasteiger partial charge is 0.310 e. The third-order valence-corrected chi connectivity index (χ3v) is 2.59. The molecule has 1 rings (SSSR count). The van der Waals surface area contributed by atoms with Gasteiger partial charge >= 0.3 is 5.97 Å². The second kappa shape index (κ2) is 7.71. The van der Waals surface area contributed by atoms with Crippen LogP contribution < -0.4 is 9.64 Å². The van der Waals surface area contributed by atoms with Crippen molar-refractivity contribution >= 4 is 5.97 Å². The van der Waals surface area contributed by atoms with Crippen LogP contribution in [-0.4, -0.2) is 40.3 Å². The van der Waals surface area contributed by atoms with Gasteiger partial charge in [-0.3, -0.25) is 4.79 Å². The molecule has 0 aromatic heterocycles. The highest BCUT2D eigenvalue weighted by molar-refractivity contribution is 5.72. The van der Waals surface area contributed by atoms with Gasteiger partial charge in [0.2, 0.25) is 0 Å². The van der Waals surface area contributed by atoms with Gasteiger partial charge in [-0.05, 0) is 17.7 Å². The first-order chi connectivity index (χ1) is 8.61. The van der Waals surface area contributed by atoms with Gasteiger partial charge in [-0.25, -0.2) is 0 Å². The summed E-state index contributed by atoms with van der Waals surface area (Å²) in [6, 6.07) is 7.45. The number of methoxy groups -OCH3 is 1. The lowest BCUT2D eigenvalue weighted by molar-refractivity contribution is -0.858. The molecule has 0 heterocycles. The van der Waals surface area contributed by atoms with E-state index < -0.39 is 0 Å². The second-order valence-electron chi connectivity index (χ2n) is 4.56. The molecule has 100 valence electrons. The van der Waals surface area contributed by atoms with Crippen LogP contribution in [0.2, 0.25) is 0 Å². The summed E-state index contributed by atoms with van der Waals surface area (Å²) >= 11 is 0. The Labute approximate surface area is 108 Å². The maximum Gasteiger partial charge on any atom is 0.310 e. The van der Waals surface area contributed by atoms with Crippen LogP contribution in [0.3, 0.4) is 0 Å². The van der Waals surface area contributed by atoms with E-state index in [-0.39, 0.29) is 5.97 Å². The Morgan fingerprint density at radius 1 is 1.22 bits per heavy atom. The maximum atomic E-state index is 11.6. The average Bonchev–Trinajstić information content (AvgIpc) is 2.35. The molecule has 0 atom stereocenters. The van der Waals surface area contributed by atoms with Gasteiger partial charge in [-0.1, -0.05) is 12.1 Å². The molecule has 0 radical (unpaired) electrons. The van der Waals surface area contributed by atoms with Gasteiger partial charge < -0.3 is 14.4 Å². The minimum Gasteiger partial charge on any atom is -0.497 e. The summed E-state index contributed by atoms with van der Waals surface area (Å²) in [6.07, 6.45) is 1.22. The topological polar surface area (TPSA) is 40.0 Å². The number of esters is 1. The predicted octanol–water partition coefficient (Wildman–Crippen LogP) is 0.316. The lowest BCUT2D eigenvalue weighted by Gasteiger charge is -2.08. The minimum absolute atomic E-state index is 0.172. The number of carbonyl (C=O) groups excluding carboxylic acids is 1. The Morgan fingerprint density at radius 3 is 2.44 bits per heavy atom. The molecule has 0 saturated carbocycles. The first kappa shape index (κ1) is 14.5. The molecule has 4 nitrogen and oxygen atoms in total. The number of carbonyl (C=O) groups is 1. The summed E-state index contributed by atoms with van der Waals surface area (Å²) in [4.78, 5) is 12.9. The van der Waals surface area contributed by atoms with Crippen LogP contribution in [0.25, 0.3) is 0 Å². The van der Waals surface area contributed by atoms with E-state index in [9.17, 15) is 4.79 Å². The van der Waals surface area contributed by atoms with Gasteiger partial charge in [0.05, 0.1) is 40.8 Å². The van der Waals surface area contributed by atoms with Crippen molar-refractivity contribution < 1.29 is 19.2 Å². The largest absolute Gasteiger partial charge is 0.497 e. The number of rotatable bonds is 7. The molecule has 18 heavy (non-hydrogen) atoms. The van der Waals surface area contributed by atoms with E-state index in [1.54, 1.807) is 7.11 Å². The molecule has 0 fully saturated rings.